The van der Waals surface area contributed by atoms with Gasteiger partial charge in [0.15, 0.2) is 0 Å². The molecule has 1 aliphatic heterocycles. The standard InChI is InChI=1S/C19H16ClNO2/c20-13-8-9-17-16(10-13)14-2-1-3-15(14)18(21-17)11-4-6-12(7-5-11)19(22)23/h1-2,4-10,14-15,18,21H,3H2,(H,22,23)/t14-,15-,18-/m0/s1. The first-order valence-electron chi connectivity index (χ1n) is 7.69. The molecule has 0 radical (unpaired) electrons. The molecule has 1 aliphatic carbocycles. The van der Waals surface area contributed by atoms with Gasteiger partial charge in [0.05, 0.1) is 11.6 Å². The number of carboxylic acid groups (broad SMARTS) is 1. The van der Waals surface area contributed by atoms with Crippen molar-refractivity contribution in [3.8, 4) is 0 Å². The molecule has 2 N–H and O–H groups in total. The lowest BCUT2D eigenvalue weighted by atomic mass is 9.77. The van der Waals surface area contributed by atoms with Gasteiger partial charge in [-0.1, -0.05) is 35.9 Å². The van der Waals surface area contributed by atoms with Gasteiger partial charge in [0.25, 0.3) is 0 Å². The van der Waals surface area contributed by atoms with E-state index in [1.165, 1.54) is 5.56 Å². The Labute approximate surface area is 139 Å². The minimum atomic E-state index is -0.895. The van der Waals surface area contributed by atoms with E-state index in [-0.39, 0.29) is 6.04 Å². The average molecular weight is 326 g/mol. The van der Waals surface area contributed by atoms with Crippen LogP contribution in [0.4, 0.5) is 5.69 Å². The van der Waals surface area contributed by atoms with Gasteiger partial charge in [-0.15, -0.1) is 0 Å². The van der Waals surface area contributed by atoms with Crippen LogP contribution in [0.1, 0.15) is 39.9 Å². The average Bonchev–Trinajstić information content (AvgIpc) is 3.04. The van der Waals surface area contributed by atoms with Gasteiger partial charge in [-0.25, -0.2) is 4.79 Å². The highest BCUT2D eigenvalue weighted by Crippen LogP contribution is 2.50. The lowest BCUT2D eigenvalue weighted by Gasteiger charge is -2.37. The summed E-state index contributed by atoms with van der Waals surface area (Å²) in [4.78, 5) is 11.0. The maximum absolute atomic E-state index is 11.0. The van der Waals surface area contributed by atoms with E-state index >= 15 is 0 Å². The number of rotatable bonds is 2. The van der Waals surface area contributed by atoms with Crippen molar-refractivity contribution in [3.05, 3.63) is 76.3 Å². The van der Waals surface area contributed by atoms with Crippen LogP contribution in [0.5, 0.6) is 0 Å². The van der Waals surface area contributed by atoms with Crippen LogP contribution >= 0.6 is 11.6 Å². The molecule has 116 valence electrons. The van der Waals surface area contributed by atoms with E-state index in [2.05, 4.69) is 17.5 Å². The second kappa shape index (κ2) is 5.43. The van der Waals surface area contributed by atoms with Gasteiger partial charge < -0.3 is 10.4 Å². The number of fused-ring (bicyclic) bond motifs is 3. The number of allylic oxidation sites excluding steroid dienone is 2. The zero-order chi connectivity index (χ0) is 16.0. The molecule has 3 nitrogen and oxygen atoms in total. The molecule has 4 rings (SSSR count). The zero-order valence-corrected chi connectivity index (χ0v) is 13.1. The first kappa shape index (κ1) is 14.3. The van der Waals surface area contributed by atoms with Crippen LogP contribution in [0.3, 0.4) is 0 Å². The quantitative estimate of drug-likeness (QED) is 0.775. The summed E-state index contributed by atoms with van der Waals surface area (Å²) in [5, 5.41) is 13.4. The van der Waals surface area contributed by atoms with E-state index < -0.39 is 5.97 Å². The number of benzene rings is 2. The van der Waals surface area contributed by atoms with Crippen LogP contribution in [0.2, 0.25) is 5.02 Å². The monoisotopic (exact) mass is 325 g/mol. The fraction of sp³-hybridized carbons (Fsp3) is 0.211. The fourth-order valence-electron chi connectivity index (χ4n) is 3.73. The second-order valence-electron chi connectivity index (χ2n) is 6.13. The van der Waals surface area contributed by atoms with E-state index in [1.54, 1.807) is 12.1 Å². The van der Waals surface area contributed by atoms with Crippen molar-refractivity contribution in [1.29, 1.82) is 0 Å². The predicted molar refractivity (Wildman–Crippen MR) is 91.2 cm³/mol. The molecule has 4 heteroatoms. The highest BCUT2D eigenvalue weighted by Gasteiger charge is 2.37. The van der Waals surface area contributed by atoms with Crippen molar-refractivity contribution >= 4 is 23.3 Å². The van der Waals surface area contributed by atoms with Crippen LogP contribution < -0.4 is 5.32 Å². The summed E-state index contributed by atoms with van der Waals surface area (Å²) in [6.07, 6.45) is 5.50. The van der Waals surface area contributed by atoms with Gasteiger partial charge in [-0.2, -0.15) is 0 Å². The molecular weight excluding hydrogens is 310 g/mol. The van der Waals surface area contributed by atoms with Crippen molar-refractivity contribution in [2.45, 2.75) is 18.4 Å². The number of anilines is 1. The van der Waals surface area contributed by atoms with Crippen molar-refractivity contribution < 1.29 is 9.90 Å². The largest absolute Gasteiger partial charge is 0.478 e. The first-order chi connectivity index (χ1) is 11.1. The summed E-state index contributed by atoms with van der Waals surface area (Å²) in [5.41, 5.74) is 3.79. The van der Waals surface area contributed by atoms with Gasteiger partial charge in [0.1, 0.15) is 0 Å². The number of carbonyl (C=O) groups is 1. The molecular formula is C19H16ClNO2. The highest BCUT2D eigenvalue weighted by molar-refractivity contribution is 6.30. The molecule has 2 aromatic carbocycles. The molecule has 0 aromatic heterocycles. The van der Waals surface area contributed by atoms with Crippen molar-refractivity contribution in [1.82, 2.24) is 0 Å². The Bertz CT molecular complexity index is 798. The molecule has 0 amide bonds. The van der Waals surface area contributed by atoms with E-state index in [0.29, 0.717) is 17.4 Å². The van der Waals surface area contributed by atoms with Gasteiger partial charge in [-0.05, 0) is 53.8 Å². The number of hydrogen-bond acceptors (Lipinski definition) is 2. The zero-order valence-electron chi connectivity index (χ0n) is 12.4. The normalized spacial score (nSPS) is 24.7. The lowest BCUT2D eigenvalue weighted by Crippen LogP contribution is -2.29. The molecule has 1 heterocycles. The van der Waals surface area contributed by atoms with Crippen LogP contribution in [-0.2, 0) is 0 Å². The van der Waals surface area contributed by atoms with Crippen LogP contribution in [0.25, 0.3) is 0 Å². The van der Waals surface area contributed by atoms with E-state index in [1.807, 2.05) is 30.3 Å². The van der Waals surface area contributed by atoms with E-state index in [0.717, 1.165) is 22.7 Å². The highest BCUT2D eigenvalue weighted by atomic mass is 35.5. The summed E-state index contributed by atoms with van der Waals surface area (Å²) >= 11 is 6.16. The molecule has 0 spiro atoms. The third-order valence-electron chi connectivity index (χ3n) is 4.84. The lowest BCUT2D eigenvalue weighted by molar-refractivity contribution is 0.0697. The first-order valence-corrected chi connectivity index (χ1v) is 8.07. The minimum Gasteiger partial charge on any atom is -0.478 e. The van der Waals surface area contributed by atoms with Crippen LogP contribution in [0.15, 0.2) is 54.6 Å². The van der Waals surface area contributed by atoms with E-state index in [4.69, 9.17) is 16.7 Å². The Kier molecular flexibility index (Phi) is 3.38. The fourth-order valence-corrected chi connectivity index (χ4v) is 3.91. The summed E-state index contributed by atoms with van der Waals surface area (Å²) in [6.45, 7) is 0. The summed E-state index contributed by atoms with van der Waals surface area (Å²) in [6, 6.07) is 13.3. The molecule has 2 aliphatic rings. The Balaban J connectivity index is 1.73. The number of aromatic carboxylic acids is 1. The van der Waals surface area contributed by atoms with Crippen LogP contribution in [0, 0.1) is 5.92 Å². The smallest absolute Gasteiger partial charge is 0.335 e. The predicted octanol–water partition coefficient (Wildman–Crippen LogP) is 4.86. The molecule has 23 heavy (non-hydrogen) atoms. The third-order valence-corrected chi connectivity index (χ3v) is 5.08. The van der Waals surface area contributed by atoms with Crippen molar-refractivity contribution in [3.63, 3.8) is 0 Å². The Hall–Kier alpha value is -2.26. The maximum atomic E-state index is 11.0. The Morgan fingerprint density at radius 2 is 1.96 bits per heavy atom. The summed E-state index contributed by atoms with van der Waals surface area (Å²) in [5.74, 6) is -0.112. The minimum absolute atomic E-state index is 0.173. The molecule has 3 atom stereocenters. The Morgan fingerprint density at radius 3 is 2.70 bits per heavy atom. The van der Waals surface area contributed by atoms with E-state index in [9.17, 15) is 4.79 Å². The molecule has 0 bridgehead atoms. The van der Waals surface area contributed by atoms with Crippen LogP contribution in [-0.4, -0.2) is 11.1 Å². The molecule has 0 unspecified atom stereocenters. The van der Waals surface area contributed by atoms with Crippen molar-refractivity contribution in [2.24, 2.45) is 5.92 Å². The van der Waals surface area contributed by atoms with Gasteiger partial charge >= 0.3 is 5.97 Å². The SMILES string of the molecule is O=C(O)c1ccc([C@@H]2Nc3ccc(Cl)cc3[C@H]3C=CC[C@@H]32)cc1. The molecule has 0 saturated heterocycles. The van der Waals surface area contributed by atoms with Gasteiger partial charge in [-0.3, -0.25) is 0 Å². The Morgan fingerprint density at radius 1 is 1.17 bits per heavy atom. The summed E-state index contributed by atoms with van der Waals surface area (Å²) < 4.78 is 0. The van der Waals surface area contributed by atoms with Gasteiger partial charge in [0.2, 0.25) is 0 Å². The second-order valence-corrected chi connectivity index (χ2v) is 6.57. The van der Waals surface area contributed by atoms with Crippen molar-refractivity contribution in [2.75, 3.05) is 5.32 Å². The number of halogens is 1. The number of carboxylic acids is 1. The number of hydrogen-bond donors (Lipinski definition) is 2. The topological polar surface area (TPSA) is 49.3 Å². The number of nitrogens with one attached hydrogen (secondary N) is 1. The molecule has 0 fully saturated rings. The molecule has 0 saturated carbocycles. The van der Waals surface area contributed by atoms with Gasteiger partial charge in [0, 0.05) is 16.6 Å². The molecule has 2 aromatic rings. The third kappa shape index (κ3) is 2.41. The maximum Gasteiger partial charge on any atom is 0.335 e. The summed E-state index contributed by atoms with van der Waals surface area (Å²) in [7, 11) is 0.